The molecule has 6 nitrogen and oxygen atoms in total. The van der Waals surface area contributed by atoms with E-state index in [-0.39, 0.29) is 18.8 Å². The number of anilines is 1. The molecule has 0 atom stereocenters. The largest absolute Gasteiger partial charge is 0.497 e. The average Bonchev–Trinajstić information content (AvgIpc) is 2.58. The molecule has 9 heteroatoms. The van der Waals surface area contributed by atoms with Crippen LogP contribution in [0.1, 0.15) is 10.4 Å². The quantitative estimate of drug-likeness (QED) is 0.794. The summed E-state index contributed by atoms with van der Waals surface area (Å²) in [4.78, 5) is 12.1. The lowest BCUT2D eigenvalue weighted by atomic mass is 10.2. The Bertz CT molecular complexity index is 903. The van der Waals surface area contributed by atoms with E-state index in [4.69, 9.17) is 4.74 Å². The maximum absolute atomic E-state index is 13.9. The van der Waals surface area contributed by atoms with Crippen molar-refractivity contribution in [2.24, 2.45) is 0 Å². The number of carbonyl (C=O) groups is 1. The molecule has 26 heavy (non-hydrogen) atoms. The van der Waals surface area contributed by atoms with E-state index in [0.29, 0.717) is 17.4 Å². The third-order valence-corrected chi connectivity index (χ3v) is 4.69. The van der Waals surface area contributed by atoms with Crippen LogP contribution in [0.4, 0.5) is 14.5 Å². The van der Waals surface area contributed by atoms with E-state index in [1.54, 1.807) is 18.2 Å². The number of sulfonamides is 1. The summed E-state index contributed by atoms with van der Waals surface area (Å²) >= 11 is 0. The van der Waals surface area contributed by atoms with E-state index in [0.717, 1.165) is 22.7 Å². The Morgan fingerprint density at radius 3 is 2.54 bits per heavy atom. The molecule has 0 aliphatic heterocycles. The Balaban J connectivity index is 2.09. The zero-order valence-corrected chi connectivity index (χ0v) is 15.0. The molecular weight excluding hydrogens is 366 g/mol. The fraction of sp³-hybridized carbons (Fsp3) is 0.235. The first kappa shape index (κ1) is 19.6. The molecule has 2 aromatic rings. The Morgan fingerprint density at radius 2 is 1.92 bits per heavy atom. The molecule has 0 aliphatic rings. The first-order valence-corrected chi connectivity index (χ1v) is 9.42. The van der Waals surface area contributed by atoms with E-state index in [1.807, 2.05) is 0 Å². The fourth-order valence-corrected chi connectivity index (χ4v) is 3.21. The summed E-state index contributed by atoms with van der Waals surface area (Å²) < 4.78 is 56.6. The lowest BCUT2D eigenvalue weighted by molar-refractivity contribution is 0.0954. The highest BCUT2D eigenvalue weighted by Gasteiger charge is 2.21. The molecule has 1 amide bonds. The summed E-state index contributed by atoms with van der Waals surface area (Å²) in [5, 5.41) is 2.56. The van der Waals surface area contributed by atoms with Gasteiger partial charge in [0.25, 0.3) is 5.91 Å². The second kappa shape index (κ2) is 8.13. The minimum Gasteiger partial charge on any atom is -0.497 e. The lowest BCUT2D eigenvalue weighted by Gasteiger charge is -2.23. The van der Waals surface area contributed by atoms with E-state index < -0.39 is 27.6 Å². The van der Waals surface area contributed by atoms with Crippen molar-refractivity contribution >= 4 is 21.6 Å². The van der Waals surface area contributed by atoms with Crippen LogP contribution in [-0.4, -0.2) is 40.8 Å². The van der Waals surface area contributed by atoms with Crippen molar-refractivity contribution < 1.29 is 26.7 Å². The molecule has 140 valence electrons. The van der Waals surface area contributed by atoms with Gasteiger partial charge in [-0.25, -0.2) is 17.2 Å². The molecule has 0 spiro atoms. The minimum absolute atomic E-state index is 0.0695. The summed E-state index contributed by atoms with van der Waals surface area (Å²) in [7, 11) is -2.36. The van der Waals surface area contributed by atoms with Gasteiger partial charge in [0.2, 0.25) is 10.0 Å². The van der Waals surface area contributed by atoms with Crippen LogP contribution in [0.15, 0.2) is 42.5 Å². The Morgan fingerprint density at radius 1 is 1.19 bits per heavy atom. The van der Waals surface area contributed by atoms with E-state index in [1.165, 1.54) is 13.2 Å². The van der Waals surface area contributed by atoms with Gasteiger partial charge in [0, 0.05) is 18.2 Å². The zero-order valence-electron chi connectivity index (χ0n) is 14.2. The minimum atomic E-state index is -3.83. The fourth-order valence-electron chi connectivity index (χ4n) is 2.29. The molecule has 2 aromatic carbocycles. The van der Waals surface area contributed by atoms with Crippen LogP contribution in [0.25, 0.3) is 0 Å². The summed E-state index contributed by atoms with van der Waals surface area (Å²) in [6.07, 6.45) is 0.902. The number of hydrogen-bond donors (Lipinski definition) is 1. The smallest absolute Gasteiger partial charge is 0.251 e. The lowest BCUT2D eigenvalue weighted by Crippen LogP contribution is -2.38. The van der Waals surface area contributed by atoms with Crippen molar-refractivity contribution in [3.05, 3.63) is 59.7 Å². The molecule has 0 radical (unpaired) electrons. The zero-order chi connectivity index (χ0) is 19.3. The molecule has 0 unspecified atom stereocenters. The number of carbonyl (C=O) groups excluding carboxylic acids is 1. The van der Waals surface area contributed by atoms with E-state index in [2.05, 4.69) is 5.32 Å². The molecule has 1 N–H and O–H groups in total. The van der Waals surface area contributed by atoms with Crippen molar-refractivity contribution in [3.8, 4) is 5.75 Å². The van der Waals surface area contributed by atoms with Gasteiger partial charge in [-0.2, -0.15) is 0 Å². The highest BCUT2D eigenvalue weighted by Crippen LogP contribution is 2.22. The predicted octanol–water partition coefficient (Wildman–Crippen LogP) is 2.17. The van der Waals surface area contributed by atoms with Crippen molar-refractivity contribution in [3.63, 3.8) is 0 Å². The van der Waals surface area contributed by atoms with Crippen molar-refractivity contribution in [2.45, 2.75) is 0 Å². The first-order valence-electron chi connectivity index (χ1n) is 7.57. The van der Waals surface area contributed by atoms with Gasteiger partial charge in [-0.05, 0) is 30.3 Å². The number of nitrogens with zero attached hydrogens (tertiary/aromatic N) is 1. The molecule has 0 saturated heterocycles. The average molecular weight is 384 g/mol. The molecule has 0 fully saturated rings. The molecular formula is C17H18F2N2O4S. The number of ether oxygens (including phenoxy) is 1. The van der Waals surface area contributed by atoms with Gasteiger partial charge < -0.3 is 10.1 Å². The van der Waals surface area contributed by atoms with E-state index >= 15 is 0 Å². The Hall–Kier alpha value is -2.68. The summed E-state index contributed by atoms with van der Waals surface area (Å²) in [5.41, 5.74) is 0.0488. The molecule has 0 aliphatic carbocycles. The van der Waals surface area contributed by atoms with Gasteiger partial charge in [-0.1, -0.05) is 6.07 Å². The maximum atomic E-state index is 13.9. The second-order valence-electron chi connectivity index (χ2n) is 5.42. The van der Waals surface area contributed by atoms with Gasteiger partial charge in [0.05, 0.1) is 25.6 Å². The Labute approximate surface area is 150 Å². The molecule has 0 saturated carbocycles. The van der Waals surface area contributed by atoms with Gasteiger partial charge in [0.1, 0.15) is 17.4 Å². The number of halogens is 2. The first-order chi connectivity index (χ1) is 12.2. The highest BCUT2D eigenvalue weighted by atomic mass is 32.2. The topological polar surface area (TPSA) is 75.7 Å². The maximum Gasteiger partial charge on any atom is 0.251 e. The second-order valence-corrected chi connectivity index (χ2v) is 7.33. The Kier molecular flexibility index (Phi) is 6.14. The summed E-state index contributed by atoms with van der Waals surface area (Å²) in [6, 6.07) is 9.03. The van der Waals surface area contributed by atoms with Gasteiger partial charge in [-0.15, -0.1) is 0 Å². The molecule has 2 rings (SSSR count). The van der Waals surface area contributed by atoms with Crippen LogP contribution in [0.3, 0.4) is 0 Å². The summed E-state index contributed by atoms with van der Waals surface area (Å²) in [5.74, 6) is -1.75. The van der Waals surface area contributed by atoms with Crippen LogP contribution in [0.2, 0.25) is 0 Å². The number of hydrogen-bond acceptors (Lipinski definition) is 4. The SMILES string of the molecule is COc1cccc(C(=O)NCCN(c2ccc(F)cc2F)S(C)(=O)=O)c1. The molecule has 0 aromatic heterocycles. The van der Waals surface area contributed by atoms with Gasteiger partial charge in [-0.3, -0.25) is 9.10 Å². The third-order valence-electron chi connectivity index (χ3n) is 3.51. The summed E-state index contributed by atoms with van der Waals surface area (Å²) in [6.45, 7) is -0.281. The standard InChI is InChI=1S/C17H18F2N2O4S/c1-25-14-5-3-4-12(10-14)17(22)20-8-9-21(26(2,23)24)16-7-6-13(18)11-15(16)19/h3-7,10-11H,8-9H2,1-2H3,(H,20,22). The van der Waals surface area contributed by atoms with Gasteiger partial charge in [0.15, 0.2) is 0 Å². The van der Waals surface area contributed by atoms with Gasteiger partial charge >= 0.3 is 0 Å². The van der Waals surface area contributed by atoms with Crippen molar-refractivity contribution in [1.29, 1.82) is 0 Å². The van der Waals surface area contributed by atoms with E-state index in [9.17, 15) is 22.0 Å². The van der Waals surface area contributed by atoms with Crippen LogP contribution < -0.4 is 14.4 Å². The third kappa shape index (κ3) is 4.92. The monoisotopic (exact) mass is 384 g/mol. The number of nitrogens with one attached hydrogen (secondary N) is 1. The van der Waals surface area contributed by atoms with Crippen LogP contribution in [-0.2, 0) is 10.0 Å². The molecule has 0 bridgehead atoms. The number of methoxy groups -OCH3 is 1. The van der Waals surface area contributed by atoms with Crippen LogP contribution >= 0.6 is 0 Å². The van der Waals surface area contributed by atoms with Crippen LogP contribution in [0, 0.1) is 11.6 Å². The van der Waals surface area contributed by atoms with Crippen LogP contribution in [0.5, 0.6) is 5.75 Å². The molecule has 0 heterocycles. The number of benzene rings is 2. The predicted molar refractivity (Wildman–Crippen MR) is 93.9 cm³/mol. The van der Waals surface area contributed by atoms with Crippen molar-refractivity contribution in [1.82, 2.24) is 5.32 Å². The normalized spacial score (nSPS) is 11.1. The number of amides is 1. The highest BCUT2D eigenvalue weighted by molar-refractivity contribution is 7.92. The number of rotatable bonds is 7. The van der Waals surface area contributed by atoms with Crippen molar-refractivity contribution in [2.75, 3.05) is 30.8 Å².